The summed E-state index contributed by atoms with van der Waals surface area (Å²) in [6, 6.07) is 7.37. The fourth-order valence-electron chi connectivity index (χ4n) is 3.40. The first-order valence-electron chi connectivity index (χ1n) is 11.1. The van der Waals surface area contributed by atoms with E-state index in [2.05, 4.69) is 24.1 Å². The summed E-state index contributed by atoms with van der Waals surface area (Å²) >= 11 is 1.63. The van der Waals surface area contributed by atoms with E-state index in [9.17, 15) is 4.79 Å². The minimum atomic E-state index is -0.432. The Morgan fingerprint density at radius 2 is 2.03 bits per heavy atom. The van der Waals surface area contributed by atoms with E-state index in [4.69, 9.17) is 14.6 Å². The molecule has 2 heterocycles. The van der Waals surface area contributed by atoms with Crippen LogP contribution in [0.4, 0.5) is 5.95 Å². The summed E-state index contributed by atoms with van der Waals surface area (Å²) in [5.41, 5.74) is 2.19. The number of hydrogen-bond acceptors (Lipinski definition) is 7. The van der Waals surface area contributed by atoms with Crippen molar-refractivity contribution in [3.8, 4) is 5.75 Å². The lowest BCUT2D eigenvalue weighted by atomic mass is 9.95. The Hall–Kier alpha value is -2.48. The van der Waals surface area contributed by atoms with E-state index in [-0.39, 0.29) is 5.97 Å². The molecule has 0 saturated heterocycles. The molecule has 1 N–H and O–H groups in total. The van der Waals surface area contributed by atoms with E-state index >= 15 is 0 Å². The molecule has 0 amide bonds. The zero-order chi connectivity index (χ0) is 22.2. The van der Waals surface area contributed by atoms with Gasteiger partial charge in [-0.15, -0.1) is 5.10 Å². The third-order valence-electron chi connectivity index (χ3n) is 5.00. The molecule has 1 aliphatic rings. The Morgan fingerprint density at radius 3 is 2.77 bits per heavy atom. The summed E-state index contributed by atoms with van der Waals surface area (Å²) in [4.78, 5) is 17.8. The van der Waals surface area contributed by atoms with Crippen LogP contribution >= 0.6 is 11.8 Å². The van der Waals surface area contributed by atoms with E-state index in [1.54, 1.807) is 16.4 Å². The van der Waals surface area contributed by atoms with Gasteiger partial charge in [-0.2, -0.15) is 4.98 Å². The maximum Gasteiger partial charge on any atom is 0.338 e. The fourth-order valence-corrected chi connectivity index (χ4v) is 4.31. The van der Waals surface area contributed by atoms with Crippen molar-refractivity contribution in [2.45, 2.75) is 64.6 Å². The summed E-state index contributed by atoms with van der Waals surface area (Å²) in [6.45, 7) is 9.05. The maximum absolute atomic E-state index is 13.1. The lowest BCUT2D eigenvalue weighted by Gasteiger charge is -2.28. The highest BCUT2D eigenvalue weighted by molar-refractivity contribution is 7.99. The molecular weight excluding hydrogens is 412 g/mol. The molecule has 1 atom stereocenters. The number of unbranched alkanes of at least 4 members (excludes halogenated alkanes) is 2. The molecule has 168 valence electrons. The average molecular weight is 445 g/mol. The summed E-state index contributed by atoms with van der Waals surface area (Å²) in [5, 5.41) is 8.70. The van der Waals surface area contributed by atoms with Crippen LogP contribution in [-0.4, -0.2) is 39.7 Å². The smallest absolute Gasteiger partial charge is 0.338 e. The minimum absolute atomic E-state index is 0.327. The molecule has 1 aromatic carbocycles. The normalized spacial score (nSPS) is 15.4. The van der Waals surface area contributed by atoms with E-state index in [1.807, 2.05) is 38.1 Å². The number of carbonyl (C=O) groups is 1. The molecule has 0 fully saturated rings. The van der Waals surface area contributed by atoms with Crippen molar-refractivity contribution in [3.05, 3.63) is 41.1 Å². The van der Waals surface area contributed by atoms with Crippen LogP contribution in [0, 0.1) is 0 Å². The van der Waals surface area contributed by atoms with Crippen LogP contribution in [0.3, 0.4) is 0 Å². The number of hydrogen-bond donors (Lipinski definition) is 1. The topological polar surface area (TPSA) is 78.3 Å². The Kier molecular flexibility index (Phi) is 8.40. The van der Waals surface area contributed by atoms with Gasteiger partial charge in [-0.3, -0.25) is 0 Å². The minimum Gasteiger partial charge on any atom is -0.494 e. The summed E-state index contributed by atoms with van der Waals surface area (Å²) in [5.74, 6) is 2.03. The zero-order valence-corrected chi connectivity index (χ0v) is 19.6. The molecule has 0 spiro atoms. The molecule has 2 aromatic rings. The highest BCUT2D eigenvalue weighted by atomic mass is 32.2. The molecule has 1 aromatic heterocycles. The first-order chi connectivity index (χ1) is 15.1. The number of aromatic nitrogens is 3. The second-order valence-corrected chi connectivity index (χ2v) is 8.49. The van der Waals surface area contributed by atoms with Crippen molar-refractivity contribution < 1.29 is 14.3 Å². The van der Waals surface area contributed by atoms with Gasteiger partial charge in [0.2, 0.25) is 11.1 Å². The van der Waals surface area contributed by atoms with Crippen molar-refractivity contribution in [1.82, 2.24) is 14.8 Å². The fraction of sp³-hybridized carbons (Fsp3) is 0.522. The quantitative estimate of drug-likeness (QED) is 0.290. The number of rotatable bonds is 11. The number of fused-ring (bicyclic) bond motifs is 1. The largest absolute Gasteiger partial charge is 0.494 e. The number of esters is 1. The van der Waals surface area contributed by atoms with Crippen LogP contribution in [0.25, 0.3) is 0 Å². The van der Waals surface area contributed by atoms with Crippen LogP contribution in [0.2, 0.25) is 0 Å². The molecule has 0 saturated carbocycles. The van der Waals surface area contributed by atoms with E-state index in [0.29, 0.717) is 29.9 Å². The number of carbonyl (C=O) groups excluding carboxylic acids is 1. The van der Waals surface area contributed by atoms with Crippen LogP contribution in [0.5, 0.6) is 5.75 Å². The molecule has 7 nitrogen and oxygen atoms in total. The van der Waals surface area contributed by atoms with Gasteiger partial charge in [-0.1, -0.05) is 50.6 Å². The van der Waals surface area contributed by atoms with Gasteiger partial charge in [0.15, 0.2) is 0 Å². The molecule has 1 unspecified atom stereocenters. The Bertz CT molecular complexity index is 925. The average Bonchev–Trinajstić information content (AvgIpc) is 3.15. The second-order valence-electron chi connectivity index (χ2n) is 7.43. The van der Waals surface area contributed by atoms with Crippen molar-refractivity contribution >= 4 is 23.7 Å². The second kappa shape index (κ2) is 11.2. The number of thioether (sulfide) groups is 1. The standard InChI is InChI=1S/C23H32N4O3S/c1-5-8-13-30-21(28)19-16(4)24-22-25-23(31-14-9-6-2)26-27(22)20(19)17-11-10-12-18(15-17)29-7-3/h10-12,15,20H,5-9,13-14H2,1-4H3,(H,24,25,26). The molecule has 0 radical (unpaired) electrons. The molecule has 0 bridgehead atoms. The maximum atomic E-state index is 13.1. The molecule has 0 aliphatic carbocycles. The van der Waals surface area contributed by atoms with Crippen LogP contribution in [0.15, 0.2) is 40.7 Å². The van der Waals surface area contributed by atoms with Crippen molar-refractivity contribution in [2.24, 2.45) is 0 Å². The van der Waals surface area contributed by atoms with Gasteiger partial charge in [0, 0.05) is 11.4 Å². The lowest BCUT2D eigenvalue weighted by Crippen LogP contribution is -2.29. The Morgan fingerprint density at radius 1 is 1.23 bits per heavy atom. The summed E-state index contributed by atoms with van der Waals surface area (Å²) < 4.78 is 13.1. The van der Waals surface area contributed by atoms with E-state index in [1.165, 1.54) is 0 Å². The highest BCUT2D eigenvalue weighted by Crippen LogP contribution is 2.37. The molecule has 31 heavy (non-hydrogen) atoms. The van der Waals surface area contributed by atoms with Gasteiger partial charge in [-0.05, 0) is 44.4 Å². The number of anilines is 1. The highest BCUT2D eigenvalue weighted by Gasteiger charge is 2.35. The number of benzene rings is 1. The lowest BCUT2D eigenvalue weighted by molar-refractivity contribution is -0.139. The number of nitrogens with zero attached hydrogens (tertiary/aromatic N) is 3. The number of allylic oxidation sites excluding steroid dienone is 1. The predicted molar refractivity (Wildman–Crippen MR) is 124 cm³/mol. The Balaban J connectivity index is 2.00. The molecular formula is C23H32N4O3S. The van der Waals surface area contributed by atoms with Gasteiger partial charge in [0.1, 0.15) is 11.8 Å². The first kappa shape index (κ1) is 23.2. The van der Waals surface area contributed by atoms with Crippen molar-refractivity contribution in [1.29, 1.82) is 0 Å². The third-order valence-corrected chi connectivity index (χ3v) is 5.92. The molecule has 8 heteroatoms. The number of ether oxygens (including phenoxy) is 2. The molecule has 3 rings (SSSR count). The van der Waals surface area contributed by atoms with Crippen LogP contribution in [-0.2, 0) is 9.53 Å². The first-order valence-corrected chi connectivity index (χ1v) is 12.0. The zero-order valence-electron chi connectivity index (χ0n) is 18.8. The van der Waals surface area contributed by atoms with E-state index in [0.717, 1.165) is 48.4 Å². The predicted octanol–water partition coefficient (Wildman–Crippen LogP) is 5.20. The van der Waals surface area contributed by atoms with Gasteiger partial charge >= 0.3 is 5.97 Å². The SMILES string of the molecule is CCCCOC(=O)C1=C(C)Nc2nc(SCCCC)nn2C1c1cccc(OCC)c1. The van der Waals surface area contributed by atoms with Crippen molar-refractivity contribution in [2.75, 3.05) is 24.3 Å². The van der Waals surface area contributed by atoms with Gasteiger partial charge in [0.05, 0.1) is 18.8 Å². The third kappa shape index (κ3) is 5.61. The number of nitrogens with one attached hydrogen (secondary N) is 1. The monoisotopic (exact) mass is 444 g/mol. The van der Waals surface area contributed by atoms with Crippen LogP contribution < -0.4 is 10.1 Å². The van der Waals surface area contributed by atoms with Gasteiger partial charge < -0.3 is 14.8 Å². The summed E-state index contributed by atoms with van der Waals surface area (Å²) in [6.07, 6.45) is 4.03. The summed E-state index contributed by atoms with van der Waals surface area (Å²) in [7, 11) is 0. The molecule has 1 aliphatic heterocycles. The van der Waals surface area contributed by atoms with Crippen molar-refractivity contribution in [3.63, 3.8) is 0 Å². The van der Waals surface area contributed by atoms with Gasteiger partial charge in [0.25, 0.3) is 0 Å². The van der Waals surface area contributed by atoms with E-state index < -0.39 is 6.04 Å². The Labute approximate surface area is 188 Å². The van der Waals surface area contributed by atoms with Gasteiger partial charge in [-0.25, -0.2) is 9.48 Å². The van der Waals surface area contributed by atoms with Crippen LogP contribution in [0.1, 0.15) is 65.0 Å².